The molecule has 0 heterocycles. The third-order valence-electron chi connectivity index (χ3n) is 3.99. The Kier molecular flexibility index (Phi) is 8.60. The summed E-state index contributed by atoms with van der Waals surface area (Å²) in [4.78, 5) is 14.6. The van der Waals surface area contributed by atoms with Crippen molar-refractivity contribution in [2.75, 3.05) is 32.6 Å². The molecule has 0 spiro atoms. The number of nitro benzene ring substituents is 1. The van der Waals surface area contributed by atoms with Gasteiger partial charge in [0.1, 0.15) is 17.2 Å². The molecule has 0 aromatic heterocycles. The monoisotopic (exact) mass is 423 g/mol. The highest BCUT2D eigenvalue weighted by Crippen LogP contribution is 2.25. The maximum atomic E-state index is 12.6. The molecule has 0 unspecified atom stereocenters. The van der Waals surface area contributed by atoms with E-state index in [0.717, 1.165) is 0 Å². The van der Waals surface area contributed by atoms with Crippen molar-refractivity contribution in [3.05, 3.63) is 58.1 Å². The summed E-state index contributed by atoms with van der Waals surface area (Å²) in [5, 5.41) is 20.0. The van der Waals surface area contributed by atoms with Crippen molar-refractivity contribution in [3.8, 4) is 11.5 Å². The van der Waals surface area contributed by atoms with Gasteiger partial charge < -0.3 is 25.4 Å². The summed E-state index contributed by atoms with van der Waals surface area (Å²) >= 11 is 0. The van der Waals surface area contributed by atoms with Crippen LogP contribution in [0.3, 0.4) is 0 Å². The topological polar surface area (TPSA) is 110 Å². The lowest BCUT2D eigenvalue weighted by Crippen LogP contribution is -2.39. The molecule has 0 bridgehead atoms. The van der Waals surface area contributed by atoms with Crippen molar-refractivity contribution in [2.45, 2.75) is 13.2 Å². The minimum Gasteiger partial charge on any atom is -0.497 e. The van der Waals surface area contributed by atoms with E-state index < -0.39 is 11.5 Å². The molecule has 0 aliphatic rings. The van der Waals surface area contributed by atoms with Crippen LogP contribution >= 0.6 is 0 Å². The number of nitro groups is 1. The molecule has 0 radical (unpaired) electrons. The summed E-state index contributed by atoms with van der Waals surface area (Å²) in [6.07, 6.45) is 0. The highest BCUT2D eigenvalue weighted by atomic mass is 19.3. The number of nitrogens with one attached hydrogen (secondary N) is 3. The number of rotatable bonds is 10. The molecule has 11 heteroatoms. The number of halogens is 2. The van der Waals surface area contributed by atoms with Gasteiger partial charge >= 0.3 is 6.61 Å². The SMILES string of the molecule is CN=C(NCCNc1ccccc1[N+](=O)[O-])NCc1cc(OC)ccc1OC(F)F. The van der Waals surface area contributed by atoms with Crippen LogP contribution in [0.1, 0.15) is 5.56 Å². The summed E-state index contributed by atoms with van der Waals surface area (Å²) < 4.78 is 34.9. The molecule has 9 nitrogen and oxygen atoms in total. The van der Waals surface area contributed by atoms with Gasteiger partial charge in [0.2, 0.25) is 0 Å². The second-order valence-electron chi connectivity index (χ2n) is 5.91. The Hall–Kier alpha value is -3.63. The molecule has 3 N–H and O–H groups in total. The predicted molar refractivity (Wildman–Crippen MR) is 109 cm³/mol. The number of hydrogen-bond donors (Lipinski definition) is 3. The van der Waals surface area contributed by atoms with Crippen LogP contribution in [0.2, 0.25) is 0 Å². The fourth-order valence-corrected chi connectivity index (χ4v) is 2.59. The maximum Gasteiger partial charge on any atom is 0.387 e. The average molecular weight is 423 g/mol. The van der Waals surface area contributed by atoms with Crippen LogP contribution in [0.25, 0.3) is 0 Å². The number of guanidine groups is 1. The van der Waals surface area contributed by atoms with E-state index in [-0.39, 0.29) is 18.0 Å². The van der Waals surface area contributed by atoms with E-state index in [0.29, 0.717) is 36.0 Å². The minimum absolute atomic E-state index is 0.00964. The number of methoxy groups -OCH3 is 1. The van der Waals surface area contributed by atoms with Gasteiger partial charge in [-0.05, 0) is 24.3 Å². The van der Waals surface area contributed by atoms with E-state index in [9.17, 15) is 18.9 Å². The molecule has 0 aliphatic heterocycles. The fraction of sp³-hybridized carbons (Fsp3) is 0.316. The quantitative estimate of drug-likeness (QED) is 0.177. The van der Waals surface area contributed by atoms with Crippen LogP contribution in [0.4, 0.5) is 20.2 Å². The van der Waals surface area contributed by atoms with Gasteiger partial charge in [0.25, 0.3) is 5.69 Å². The molecule has 0 fully saturated rings. The van der Waals surface area contributed by atoms with Crippen molar-refractivity contribution >= 4 is 17.3 Å². The zero-order valence-electron chi connectivity index (χ0n) is 16.5. The molecule has 162 valence electrons. The Morgan fingerprint density at radius 1 is 1.20 bits per heavy atom. The number of ether oxygens (including phenoxy) is 2. The van der Waals surface area contributed by atoms with Crippen molar-refractivity contribution in [1.82, 2.24) is 10.6 Å². The number of nitrogens with zero attached hydrogens (tertiary/aromatic N) is 2. The predicted octanol–water partition coefficient (Wildman–Crippen LogP) is 2.98. The lowest BCUT2D eigenvalue weighted by molar-refractivity contribution is -0.384. The zero-order chi connectivity index (χ0) is 21.9. The summed E-state index contributed by atoms with van der Waals surface area (Å²) in [5.74, 6) is 0.960. The van der Waals surface area contributed by atoms with E-state index in [1.807, 2.05) is 0 Å². The van der Waals surface area contributed by atoms with Gasteiger partial charge in [0.15, 0.2) is 5.96 Å². The Labute approximate surface area is 172 Å². The highest BCUT2D eigenvalue weighted by Gasteiger charge is 2.13. The van der Waals surface area contributed by atoms with Crippen LogP contribution in [-0.2, 0) is 6.54 Å². The van der Waals surface area contributed by atoms with Crippen LogP contribution in [0.5, 0.6) is 11.5 Å². The second-order valence-corrected chi connectivity index (χ2v) is 5.91. The number of aliphatic imine (C=N–C) groups is 1. The van der Waals surface area contributed by atoms with Gasteiger partial charge in [-0.3, -0.25) is 15.1 Å². The van der Waals surface area contributed by atoms with E-state index in [2.05, 4.69) is 25.7 Å². The standard InChI is InChI=1S/C19H23F2N5O4/c1-22-19(24-10-9-23-15-5-3-4-6-16(15)26(27)28)25-12-13-11-14(29-2)7-8-17(13)30-18(20)21/h3-8,11,18,23H,9-10,12H2,1-2H3,(H2,22,24,25). The molecule has 2 aromatic carbocycles. The number of anilines is 1. The molecule has 0 saturated heterocycles. The summed E-state index contributed by atoms with van der Waals surface area (Å²) in [5.41, 5.74) is 0.873. The fourth-order valence-electron chi connectivity index (χ4n) is 2.59. The summed E-state index contributed by atoms with van der Waals surface area (Å²) in [7, 11) is 3.04. The largest absolute Gasteiger partial charge is 0.497 e. The maximum absolute atomic E-state index is 12.6. The van der Waals surface area contributed by atoms with Crippen LogP contribution < -0.4 is 25.4 Å². The minimum atomic E-state index is -2.94. The molecular formula is C19H23F2N5O4. The third-order valence-corrected chi connectivity index (χ3v) is 3.99. The molecule has 0 aliphatic carbocycles. The first-order chi connectivity index (χ1) is 14.4. The van der Waals surface area contributed by atoms with E-state index >= 15 is 0 Å². The number of alkyl halides is 2. The molecule has 0 atom stereocenters. The van der Waals surface area contributed by atoms with Crippen molar-refractivity contribution < 1.29 is 23.2 Å². The van der Waals surface area contributed by atoms with Gasteiger partial charge in [-0.1, -0.05) is 12.1 Å². The van der Waals surface area contributed by atoms with Gasteiger partial charge in [-0.25, -0.2) is 0 Å². The van der Waals surface area contributed by atoms with Gasteiger partial charge in [0, 0.05) is 38.3 Å². The first kappa shape index (κ1) is 22.7. The number of hydrogen-bond acceptors (Lipinski definition) is 6. The molecular weight excluding hydrogens is 400 g/mol. The zero-order valence-corrected chi connectivity index (χ0v) is 16.5. The third kappa shape index (κ3) is 6.76. The lowest BCUT2D eigenvalue weighted by Gasteiger charge is -2.15. The Morgan fingerprint density at radius 3 is 2.63 bits per heavy atom. The summed E-state index contributed by atoms with van der Waals surface area (Å²) in [6, 6.07) is 10.9. The summed E-state index contributed by atoms with van der Waals surface area (Å²) in [6.45, 7) is -1.98. The van der Waals surface area contributed by atoms with Crippen molar-refractivity contribution in [2.24, 2.45) is 4.99 Å². The first-order valence-corrected chi connectivity index (χ1v) is 8.98. The van der Waals surface area contributed by atoms with Crippen LogP contribution in [0, 0.1) is 10.1 Å². The molecule has 30 heavy (non-hydrogen) atoms. The van der Waals surface area contributed by atoms with E-state index in [1.54, 1.807) is 31.3 Å². The molecule has 2 rings (SSSR count). The molecule has 0 amide bonds. The normalized spacial score (nSPS) is 11.2. The Balaban J connectivity index is 1.89. The van der Waals surface area contributed by atoms with Crippen LogP contribution in [0.15, 0.2) is 47.5 Å². The number of para-hydroxylation sites is 2. The number of benzene rings is 2. The van der Waals surface area contributed by atoms with Gasteiger partial charge in [0.05, 0.1) is 12.0 Å². The van der Waals surface area contributed by atoms with Gasteiger partial charge in [-0.15, -0.1) is 0 Å². The average Bonchev–Trinajstić information content (AvgIpc) is 2.73. The Morgan fingerprint density at radius 2 is 1.97 bits per heavy atom. The molecule has 0 saturated carbocycles. The van der Waals surface area contributed by atoms with E-state index in [1.165, 1.54) is 25.3 Å². The van der Waals surface area contributed by atoms with Crippen LogP contribution in [-0.4, -0.2) is 44.7 Å². The molecule has 2 aromatic rings. The van der Waals surface area contributed by atoms with E-state index in [4.69, 9.17) is 4.74 Å². The first-order valence-electron chi connectivity index (χ1n) is 8.98. The lowest BCUT2D eigenvalue weighted by atomic mass is 10.2. The van der Waals surface area contributed by atoms with Crippen molar-refractivity contribution in [3.63, 3.8) is 0 Å². The van der Waals surface area contributed by atoms with Gasteiger partial charge in [-0.2, -0.15) is 8.78 Å². The Bertz CT molecular complexity index is 880. The smallest absolute Gasteiger partial charge is 0.387 e. The second kappa shape index (κ2) is 11.4. The highest BCUT2D eigenvalue weighted by molar-refractivity contribution is 5.79. The van der Waals surface area contributed by atoms with Crippen molar-refractivity contribution in [1.29, 1.82) is 0 Å².